The Labute approximate surface area is 184 Å². The molecule has 0 spiro atoms. The van der Waals surface area contributed by atoms with Crippen molar-refractivity contribution >= 4 is 40.9 Å². The van der Waals surface area contributed by atoms with Crippen molar-refractivity contribution in [2.24, 2.45) is 4.99 Å². The Morgan fingerprint density at radius 1 is 0.967 bits per heavy atom. The van der Waals surface area contributed by atoms with Crippen LogP contribution < -0.4 is 5.32 Å². The van der Waals surface area contributed by atoms with Gasteiger partial charge in [-0.1, -0.05) is 71.7 Å². The molecule has 3 aromatic rings. The molecule has 1 N–H and O–H groups in total. The second-order valence-electron chi connectivity index (χ2n) is 6.66. The number of nitrogens with zero attached hydrogens (tertiary/aromatic N) is 1. The summed E-state index contributed by atoms with van der Waals surface area (Å²) in [7, 11) is 0. The number of carbonyl (C=O) groups excluding carboxylic acids is 1. The second kappa shape index (κ2) is 9.20. The Kier molecular flexibility index (Phi) is 6.21. The molecule has 1 heterocycles. The van der Waals surface area contributed by atoms with Gasteiger partial charge in [0.25, 0.3) is 0 Å². The van der Waals surface area contributed by atoms with E-state index in [-0.39, 0.29) is 6.61 Å². The highest BCUT2D eigenvalue weighted by Crippen LogP contribution is 2.30. The molecule has 0 aromatic heterocycles. The predicted octanol–water partition coefficient (Wildman–Crippen LogP) is 6.13. The van der Waals surface area contributed by atoms with Crippen LogP contribution in [0.25, 0.3) is 0 Å². The number of halogens is 2. The summed E-state index contributed by atoms with van der Waals surface area (Å²) in [6.07, 6.45) is -1.22. The topological polar surface area (TPSA) is 59.9 Å². The zero-order valence-corrected chi connectivity index (χ0v) is 17.3. The van der Waals surface area contributed by atoms with Gasteiger partial charge in [-0.25, -0.2) is 9.79 Å². The molecule has 0 aliphatic carbocycles. The number of aliphatic imine (C=N–C) groups is 1. The molecule has 2 unspecified atom stereocenters. The molecule has 1 amide bonds. The van der Waals surface area contributed by atoms with Gasteiger partial charge in [-0.05, 0) is 35.9 Å². The number of hydrogen-bond donors (Lipinski definition) is 1. The van der Waals surface area contributed by atoms with Crippen molar-refractivity contribution in [1.82, 2.24) is 0 Å². The third kappa shape index (κ3) is 4.75. The largest absolute Gasteiger partial charge is 0.473 e. The highest BCUT2D eigenvalue weighted by molar-refractivity contribution is 6.42. The van der Waals surface area contributed by atoms with E-state index in [4.69, 9.17) is 37.7 Å². The van der Waals surface area contributed by atoms with Crippen molar-refractivity contribution in [2.75, 3.05) is 11.9 Å². The van der Waals surface area contributed by atoms with E-state index in [0.29, 0.717) is 21.6 Å². The molecule has 2 atom stereocenters. The first kappa shape index (κ1) is 20.3. The molecule has 5 nitrogen and oxygen atoms in total. The Hall–Kier alpha value is -3.02. The van der Waals surface area contributed by atoms with E-state index < -0.39 is 18.2 Å². The fourth-order valence-electron chi connectivity index (χ4n) is 3.13. The van der Waals surface area contributed by atoms with Gasteiger partial charge in [0.2, 0.25) is 5.90 Å². The summed E-state index contributed by atoms with van der Waals surface area (Å²) >= 11 is 11.9. The van der Waals surface area contributed by atoms with Crippen LogP contribution in [0.2, 0.25) is 10.0 Å². The standard InChI is InChI=1S/C23H18Cl2N2O3/c24-18-12-11-17(13-19(18)25)26-23(28)30-20-14-29-22(16-9-5-2-6-10-16)27-21(20)15-7-3-1-4-8-15/h1-13,20-21H,14H2,(H,26,28). The minimum atomic E-state index is -0.624. The number of hydrogen-bond acceptors (Lipinski definition) is 4. The average Bonchev–Trinajstić information content (AvgIpc) is 2.78. The summed E-state index contributed by atoms with van der Waals surface area (Å²) in [5.41, 5.74) is 2.29. The average molecular weight is 441 g/mol. The molecule has 0 saturated carbocycles. The van der Waals surface area contributed by atoms with Crippen LogP contribution in [-0.2, 0) is 9.47 Å². The fraction of sp³-hybridized carbons (Fsp3) is 0.130. The lowest BCUT2D eigenvalue weighted by molar-refractivity contribution is 0.0441. The monoisotopic (exact) mass is 440 g/mol. The molecule has 0 radical (unpaired) electrons. The second-order valence-corrected chi connectivity index (χ2v) is 7.48. The third-order valence-corrected chi connectivity index (χ3v) is 5.32. The highest BCUT2D eigenvalue weighted by atomic mass is 35.5. The van der Waals surface area contributed by atoms with Crippen LogP contribution in [0.15, 0.2) is 83.9 Å². The molecule has 7 heteroatoms. The van der Waals surface area contributed by atoms with Gasteiger partial charge in [-0.2, -0.15) is 0 Å². The maximum atomic E-state index is 12.5. The van der Waals surface area contributed by atoms with Gasteiger partial charge in [-0.15, -0.1) is 0 Å². The van der Waals surface area contributed by atoms with Crippen molar-refractivity contribution in [3.8, 4) is 0 Å². The first-order valence-electron chi connectivity index (χ1n) is 9.34. The summed E-state index contributed by atoms with van der Waals surface area (Å²) in [4.78, 5) is 17.2. The number of anilines is 1. The molecule has 0 bridgehead atoms. The Bertz CT molecular complexity index is 1060. The molecule has 152 valence electrons. The summed E-state index contributed by atoms with van der Waals surface area (Å²) in [6, 6.07) is 23.7. The van der Waals surface area contributed by atoms with E-state index in [1.54, 1.807) is 18.2 Å². The summed E-state index contributed by atoms with van der Waals surface area (Å²) in [5.74, 6) is 0.522. The van der Waals surface area contributed by atoms with Crippen LogP contribution >= 0.6 is 23.2 Å². The van der Waals surface area contributed by atoms with Gasteiger partial charge in [0.1, 0.15) is 12.6 Å². The Balaban J connectivity index is 1.55. The maximum Gasteiger partial charge on any atom is 0.412 e. The molecule has 1 aliphatic rings. The van der Waals surface area contributed by atoms with Gasteiger partial charge in [-0.3, -0.25) is 5.32 Å². The molecule has 1 aliphatic heterocycles. The highest BCUT2D eigenvalue weighted by Gasteiger charge is 2.32. The number of ether oxygens (including phenoxy) is 2. The van der Waals surface area contributed by atoms with Gasteiger partial charge < -0.3 is 9.47 Å². The van der Waals surface area contributed by atoms with Crippen molar-refractivity contribution in [3.05, 3.63) is 100 Å². The van der Waals surface area contributed by atoms with E-state index in [0.717, 1.165) is 11.1 Å². The van der Waals surface area contributed by atoms with E-state index in [9.17, 15) is 4.79 Å². The molecule has 30 heavy (non-hydrogen) atoms. The molecular weight excluding hydrogens is 423 g/mol. The van der Waals surface area contributed by atoms with E-state index >= 15 is 0 Å². The molecule has 0 fully saturated rings. The Morgan fingerprint density at radius 3 is 2.37 bits per heavy atom. The van der Waals surface area contributed by atoms with Crippen LogP contribution in [0, 0.1) is 0 Å². The number of nitrogens with one attached hydrogen (secondary N) is 1. The van der Waals surface area contributed by atoms with E-state index in [1.807, 2.05) is 60.7 Å². The minimum absolute atomic E-state index is 0.183. The molecular formula is C23H18Cl2N2O3. The van der Waals surface area contributed by atoms with Crippen molar-refractivity contribution in [2.45, 2.75) is 12.1 Å². The maximum absolute atomic E-state index is 12.5. The van der Waals surface area contributed by atoms with Gasteiger partial charge in [0.05, 0.1) is 10.0 Å². The first-order valence-corrected chi connectivity index (χ1v) is 10.1. The van der Waals surface area contributed by atoms with Crippen molar-refractivity contribution in [3.63, 3.8) is 0 Å². The fourth-order valence-corrected chi connectivity index (χ4v) is 3.43. The van der Waals surface area contributed by atoms with Crippen molar-refractivity contribution < 1.29 is 14.3 Å². The van der Waals surface area contributed by atoms with E-state index in [1.165, 1.54) is 0 Å². The summed E-state index contributed by atoms with van der Waals surface area (Å²) < 4.78 is 11.5. The molecule has 0 saturated heterocycles. The smallest absolute Gasteiger partial charge is 0.412 e. The lowest BCUT2D eigenvalue weighted by Gasteiger charge is -2.30. The quantitative estimate of drug-likeness (QED) is 0.530. The van der Waals surface area contributed by atoms with Crippen LogP contribution in [0.4, 0.5) is 10.5 Å². The first-order chi connectivity index (χ1) is 14.6. The Morgan fingerprint density at radius 2 is 1.67 bits per heavy atom. The third-order valence-electron chi connectivity index (χ3n) is 4.58. The number of carbonyl (C=O) groups is 1. The van der Waals surface area contributed by atoms with Crippen LogP contribution in [0.1, 0.15) is 17.2 Å². The van der Waals surface area contributed by atoms with Gasteiger partial charge >= 0.3 is 6.09 Å². The number of benzene rings is 3. The zero-order valence-electron chi connectivity index (χ0n) is 15.8. The number of amides is 1. The number of rotatable bonds is 4. The summed E-state index contributed by atoms with van der Waals surface area (Å²) in [6.45, 7) is 0.183. The van der Waals surface area contributed by atoms with Crippen LogP contribution in [0.5, 0.6) is 0 Å². The van der Waals surface area contributed by atoms with Gasteiger partial charge in [0, 0.05) is 11.3 Å². The predicted molar refractivity (Wildman–Crippen MR) is 118 cm³/mol. The lowest BCUT2D eigenvalue weighted by Crippen LogP contribution is -2.36. The zero-order chi connectivity index (χ0) is 20.9. The summed E-state index contributed by atoms with van der Waals surface area (Å²) in [5, 5.41) is 3.41. The minimum Gasteiger partial charge on any atom is -0.473 e. The van der Waals surface area contributed by atoms with Gasteiger partial charge in [0.15, 0.2) is 6.10 Å². The lowest BCUT2D eigenvalue weighted by atomic mass is 10.0. The van der Waals surface area contributed by atoms with Crippen LogP contribution in [-0.4, -0.2) is 24.7 Å². The normalized spacial score (nSPS) is 18.1. The SMILES string of the molecule is O=C(Nc1ccc(Cl)c(Cl)c1)OC1COC(c2ccccc2)=NC1c1ccccc1. The molecule has 4 rings (SSSR count). The van der Waals surface area contributed by atoms with E-state index in [2.05, 4.69) is 5.32 Å². The molecule has 3 aromatic carbocycles. The van der Waals surface area contributed by atoms with Crippen LogP contribution in [0.3, 0.4) is 0 Å². The van der Waals surface area contributed by atoms with Crippen molar-refractivity contribution in [1.29, 1.82) is 0 Å².